The Balaban J connectivity index is 2.62. The highest BCUT2D eigenvalue weighted by Gasteiger charge is 2.15. The first-order chi connectivity index (χ1) is 9.36. The van der Waals surface area contributed by atoms with Gasteiger partial charge in [0, 0.05) is 18.7 Å². The first kappa shape index (κ1) is 16.5. The Morgan fingerprint density at radius 2 is 2.10 bits per heavy atom. The monoisotopic (exact) mass is 305 g/mol. The van der Waals surface area contributed by atoms with Crippen LogP contribution in [0, 0.1) is 5.82 Å². The summed E-state index contributed by atoms with van der Waals surface area (Å²) in [6.45, 7) is -0.426. The van der Waals surface area contributed by atoms with E-state index in [9.17, 15) is 17.6 Å². The van der Waals surface area contributed by atoms with Gasteiger partial charge in [-0.05, 0) is 18.2 Å². The minimum absolute atomic E-state index is 0.00683. The van der Waals surface area contributed by atoms with Crippen molar-refractivity contribution in [2.24, 2.45) is 11.5 Å². The van der Waals surface area contributed by atoms with Gasteiger partial charge in [-0.15, -0.1) is 0 Å². The molecule has 5 N–H and O–H groups in total. The molecule has 0 saturated carbocycles. The lowest BCUT2D eigenvalue weighted by Gasteiger charge is -2.08. The Bertz CT molecular complexity index is 577. The third-order valence-electron chi connectivity index (χ3n) is 2.33. The van der Waals surface area contributed by atoms with Crippen LogP contribution in [-0.2, 0) is 26.1 Å². The zero-order valence-electron chi connectivity index (χ0n) is 10.6. The summed E-state index contributed by atoms with van der Waals surface area (Å²) in [5.41, 5.74) is 10.3. The summed E-state index contributed by atoms with van der Waals surface area (Å²) in [4.78, 5) is 10.3. The van der Waals surface area contributed by atoms with Gasteiger partial charge in [-0.1, -0.05) is 0 Å². The predicted octanol–water partition coefficient (Wildman–Crippen LogP) is -0.935. The van der Waals surface area contributed by atoms with E-state index in [1.807, 2.05) is 0 Å². The van der Waals surface area contributed by atoms with Gasteiger partial charge in [0.2, 0.25) is 15.9 Å². The predicted molar refractivity (Wildman–Crippen MR) is 69.5 cm³/mol. The molecular weight excluding hydrogens is 289 g/mol. The van der Waals surface area contributed by atoms with Crippen LogP contribution >= 0.6 is 0 Å². The summed E-state index contributed by atoms with van der Waals surface area (Å²) in [7, 11) is -3.78. The lowest BCUT2D eigenvalue weighted by Crippen LogP contribution is -2.29. The van der Waals surface area contributed by atoms with Crippen molar-refractivity contribution < 1.29 is 22.3 Å². The van der Waals surface area contributed by atoms with Crippen LogP contribution in [0.2, 0.25) is 0 Å². The van der Waals surface area contributed by atoms with Crippen LogP contribution in [0.1, 0.15) is 5.56 Å². The molecule has 0 radical (unpaired) electrons. The molecule has 0 saturated heterocycles. The number of hydrogen-bond acceptors (Lipinski definition) is 5. The normalized spacial score (nSPS) is 11.5. The van der Waals surface area contributed by atoms with Crippen LogP contribution in [0.4, 0.5) is 4.39 Å². The number of hydrogen-bond donors (Lipinski definition) is 3. The van der Waals surface area contributed by atoms with E-state index in [1.54, 1.807) is 0 Å². The van der Waals surface area contributed by atoms with Crippen LogP contribution in [0.15, 0.2) is 23.1 Å². The lowest BCUT2D eigenvalue weighted by molar-refractivity contribution is -0.122. The zero-order valence-corrected chi connectivity index (χ0v) is 11.5. The van der Waals surface area contributed by atoms with Crippen molar-refractivity contribution in [3.63, 3.8) is 0 Å². The van der Waals surface area contributed by atoms with Crippen LogP contribution in [0.5, 0.6) is 0 Å². The highest BCUT2D eigenvalue weighted by Crippen LogP contribution is 2.14. The van der Waals surface area contributed by atoms with Gasteiger partial charge in [0.25, 0.3) is 0 Å². The molecule has 1 aromatic rings. The molecule has 0 fully saturated rings. The Morgan fingerprint density at radius 1 is 1.40 bits per heavy atom. The maximum Gasteiger partial charge on any atom is 0.243 e. The topological polar surface area (TPSA) is 125 Å². The number of carbonyl (C=O) groups is 1. The second kappa shape index (κ2) is 7.29. The van der Waals surface area contributed by atoms with Gasteiger partial charge in [0.1, 0.15) is 12.4 Å². The summed E-state index contributed by atoms with van der Waals surface area (Å²) >= 11 is 0. The summed E-state index contributed by atoms with van der Waals surface area (Å²) in [6, 6.07) is 3.35. The van der Waals surface area contributed by atoms with Crippen LogP contribution in [0.25, 0.3) is 0 Å². The van der Waals surface area contributed by atoms with Crippen molar-refractivity contribution in [2.45, 2.75) is 11.4 Å². The van der Waals surface area contributed by atoms with Crippen molar-refractivity contribution in [2.75, 3.05) is 19.8 Å². The zero-order chi connectivity index (χ0) is 15.2. The molecule has 0 aliphatic carbocycles. The number of carbonyl (C=O) groups excluding carboxylic acids is 1. The second-order valence-corrected chi connectivity index (χ2v) is 5.64. The van der Waals surface area contributed by atoms with Crippen molar-refractivity contribution in [1.82, 2.24) is 4.72 Å². The van der Waals surface area contributed by atoms with Gasteiger partial charge in [-0.25, -0.2) is 17.5 Å². The number of rotatable bonds is 8. The molecular formula is C11H16FN3O4S. The van der Waals surface area contributed by atoms with E-state index in [4.69, 9.17) is 16.2 Å². The third kappa shape index (κ3) is 4.85. The van der Waals surface area contributed by atoms with Gasteiger partial charge in [-0.3, -0.25) is 4.79 Å². The fraction of sp³-hybridized carbons (Fsp3) is 0.364. The second-order valence-electron chi connectivity index (χ2n) is 3.87. The molecule has 9 heteroatoms. The Hall–Kier alpha value is -1.55. The standard InChI is InChI=1S/C11H16FN3O4S/c12-10-2-1-9(5-8(10)6-13)20(17,18)15-3-4-19-7-11(14)16/h1-2,5,15H,3-4,6-7,13H2,(H2,14,16). The molecule has 0 spiro atoms. The molecule has 1 aromatic carbocycles. The number of sulfonamides is 1. The smallest absolute Gasteiger partial charge is 0.243 e. The van der Waals surface area contributed by atoms with Crippen LogP contribution < -0.4 is 16.2 Å². The molecule has 0 heterocycles. The number of nitrogens with two attached hydrogens (primary N) is 2. The van der Waals surface area contributed by atoms with E-state index in [1.165, 1.54) is 6.07 Å². The molecule has 7 nitrogen and oxygen atoms in total. The van der Waals surface area contributed by atoms with E-state index in [0.717, 1.165) is 12.1 Å². The number of ether oxygens (including phenoxy) is 1. The summed E-state index contributed by atoms with van der Waals surface area (Å²) in [5, 5.41) is 0. The minimum atomic E-state index is -3.78. The molecule has 0 aliphatic rings. The van der Waals surface area contributed by atoms with Crippen molar-refractivity contribution >= 4 is 15.9 Å². The van der Waals surface area contributed by atoms with Gasteiger partial charge >= 0.3 is 0 Å². The summed E-state index contributed by atoms with van der Waals surface area (Å²) in [6.07, 6.45) is 0. The first-order valence-corrected chi connectivity index (χ1v) is 7.19. The number of halogens is 1. The fourth-order valence-electron chi connectivity index (χ4n) is 1.38. The molecule has 20 heavy (non-hydrogen) atoms. The van der Waals surface area contributed by atoms with Crippen molar-refractivity contribution in [3.8, 4) is 0 Å². The van der Waals surface area contributed by atoms with Gasteiger partial charge in [0.15, 0.2) is 0 Å². The van der Waals surface area contributed by atoms with Crippen LogP contribution in [-0.4, -0.2) is 34.1 Å². The van der Waals surface area contributed by atoms with E-state index in [2.05, 4.69) is 4.72 Å². The van der Waals surface area contributed by atoms with Gasteiger partial charge in [-0.2, -0.15) is 0 Å². The molecule has 0 unspecified atom stereocenters. The SMILES string of the molecule is NCc1cc(S(=O)(=O)NCCOCC(N)=O)ccc1F. The average Bonchev–Trinajstić information content (AvgIpc) is 2.38. The van der Waals surface area contributed by atoms with Crippen LogP contribution in [0.3, 0.4) is 0 Å². The molecule has 1 rings (SSSR count). The van der Waals surface area contributed by atoms with Gasteiger partial charge in [0.05, 0.1) is 11.5 Å². The Morgan fingerprint density at radius 3 is 2.70 bits per heavy atom. The number of primary amides is 1. The van der Waals surface area contributed by atoms with E-state index in [-0.39, 0.29) is 36.8 Å². The molecule has 0 aromatic heterocycles. The third-order valence-corrected chi connectivity index (χ3v) is 3.79. The number of nitrogens with one attached hydrogen (secondary N) is 1. The molecule has 0 aliphatic heterocycles. The molecule has 0 atom stereocenters. The molecule has 112 valence electrons. The average molecular weight is 305 g/mol. The summed E-state index contributed by atoms with van der Waals surface area (Å²) in [5.74, 6) is -1.20. The summed E-state index contributed by atoms with van der Waals surface area (Å²) < 4.78 is 44.1. The number of amides is 1. The first-order valence-electron chi connectivity index (χ1n) is 5.71. The molecule has 1 amide bonds. The van der Waals surface area contributed by atoms with Crippen molar-refractivity contribution in [1.29, 1.82) is 0 Å². The maximum absolute atomic E-state index is 13.2. The van der Waals surface area contributed by atoms with E-state index >= 15 is 0 Å². The number of benzene rings is 1. The maximum atomic E-state index is 13.2. The van der Waals surface area contributed by atoms with Crippen molar-refractivity contribution in [3.05, 3.63) is 29.6 Å². The highest BCUT2D eigenvalue weighted by molar-refractivity contribution is 7.89. The quantitative estimate of drug-likeness (QED) is 0.535. The Labute approximate surface area is 116 Å². The lowest BCUT2D eigenvalue weighted by atomic mass is 10.2. The highest BCUT2D eigenvalue weighted by atomic mass is 32.2. The largest absolute Gasteiger partial charge is 0.370 e. The minimum Gasteiger partial charge on any atom is -0.370 e. The Kier molecular flexibility index (Phi) is 6.02. The van der Waals surface area contributed by atoms with E-state index in [0.29, 0.717) is 0 Å². The van der Waals surface area contributed by atoms with E-state index < -0.39 is 21.7 Å². The van der Waals surface area contributed by atoms with Gasteiger partial charge < -0.3 is 16.2 Å². The fourth-order valence-corrected chi connectivity index (χ4v) is 2.44. The molecule has 0 bridgehead atoms.